The summed E-state index contributed by atoms with van der Waals surface area (Å²) in [7, 11) is 1.35. The summed E-state index contributed by atoms with van der Waals surface area (Å²) < 4.78 is 10.9. The number of rotatable bonds is 11. The molecule has 2 unspecified atom stereocenters. The Morgan fingerprint density at radius 1 is 1.05 bits per heavy atom. The fourth-order valence-corrected chi connectivity index (χ4v) is 5.41. The van der Waals surface area contributed by atoms with Gasteiger partial charge in [-0.3, -0.25) is 9.59 Å². The number of benzene rings is 3. The van der Waals surface area contributed by atoms with E-state index < -0.39 is 0 Å². The number of hydrogen-bond donors (Lipinski definition) is 0. The molecule has 1 heterocycles. The molecule has 0 aliphatic carbocycles. The summed E-state index contributed by atoms with van der Waals surface area (Å²) in [5.41, 5.74) is 1.88. The number of nitriles is 1. The Bertz CT molecular complexity index is 1240. The average molecular weight is 515 g/mol. The van der Waals surface area contributed by atoms with Gasteiger partial charge in [-0.1, -0.05) is 48.2 Å². The molecule has 0 aromatic heterocycles. The van der Waals surface area contributed by atoms with E-state index in [4.69, 9.17) is 14.7 Å². The number of carbonyl (C=O) groups is 2. The highest BCUT2D eigenvalue weighted by atomic mass is 32.2. The second-order valence-corrected chi connectivity index (χ2v) is 10.2. The molecule has 37 heavy (non-hydrogen) atoms. The van der Waals surface area contributed by atoms with E-state index in [1.807, 2.05) is 65.6 Å². The van der Waals surface area contributed by atoms with E-state index in [2.05, 4.69) is 18.2 Å². The lowest BCUT2D eigenvalue weighted by Crippen LogP contribution is -2.38. The molecule has 6 nitrogen and oxygen atoms in total. The number of ether oxygens (including phenoxy) is 2. The van der Waals surface area contributed by atoms with Gasteiger partial charge in [-0.25, -0.2) is 0 Å². The molecule has 0 saturated carbocycles. The first-order valence-electron chi connectivity index (χ1n) is 12.4. The Kier molecular flexibility index (Phi) is 9.23. The van der Waals surface area contributed by atoms with Crippen LogP contribution in [0.15, 0.2) is 88.7 Å². The minimum Gasteiger partial charge on any atom is -0.491 e. The highest BCUT2D eigenvalue weighted by Crippen LogP contribution is 2.31. The first kappa shape index (κ1) is 26.3. The summed E-state index contributed by atoms with van der Waals surface area (Å²) in [6, 6.07) is 27.6. The quantitative estimate of drug-likeness (QED) is 0.314. The molecule has 0 N–H and O–H groups in total. The van der Waals surface area contributed by atoms with Crippen molar-refractivity contribution in [3.63, 3.8) is 0 Å². The van der Waals surface area contributed by atoms with Crippen molar-refractivity contribution in [3.05, 3.63) is 90.0 Å². The summed E-state index contributed by atoms with van der Waals surface area (Å²) in [5.74, 6) is -0.0140. The van der Waals surface area contributed by atoms with Crippen molar-refractivity contribution in [2.24, 2.45) is 5.92 Å². The number of nitrogens with zero attached hydrogens (tertiary/aromatic N) is 2. The second-order valence-electron chi connectivity index (χ2n) is 9.01. The Labute approximate surface area is 222 Å². The lowest BCUT2D eigenvalue weighted by atomic mass is 10.0. The van der Waals surface area contributed by atoms with Crippen molar-refractivity contribution < 1.29 is 19.1 Å². The molecule has 0 bridgehead atoms. The second kappa shape index (κ2) is 13.0. The number of esters is 1. The number of amides is 1. The highest BCUT2D eigenvalue weighted by Gasteiger charge is 2.40. The predicted molar refractivity (Wildman–Crippen MR) is 142 cm³/mol. The van der Waals surface area contributed by atoms with E-state index in [0.29, 0.717) is 25.1 Å². The molecule has 2 atom stereocenters. The maximum Gasteiger partial charge on any atom is 0.306 e. The van der Waals surface area contributed by atoms with Crippen molar-refractivity contribution in [2.75, 3.05) is 20.3 Å². The first-order valence-corrected chi connectivity index (χ1v) is 13.2. The normalized spacial score (nSPS) is 16.9. The van der Waals surface area contributed by atoms with E-state index >= 15 is 0 Å². The van der Waals surface area contributed by atoms with Gasteiger partial charge in [-0.15, -0.1) is 0 Å². The molecule has 1 saturated heterocycles. The third-order valence-electron chi connectivity index (χ3n) is 6.44. The van der Waals surface area contributed by atoms with E-state index in [1.54, 1.807) is 17.8 Å². The van der Waals surface area contributed by atoms with Gasteiger partial charge in [0.2, 0.25) is 5.91 Å². The van der Waals surface area contributed by atoms with Crippen molar-refractivity contribution in [2.45, 2.75) is 41.5 Å². The van der Waals surface area contributed by atoms with Crippen LogP contribution in [-0.2, 0) is 20.7 Å². The topological polar surface area (TPSA) is 79.6 Å². The van der Waals surface area contributed by atoms with Crippen LogP contribution in [0.1, 0.15) is 30.4 Å². The third-order valence-corrected chi connectivity index (χ3v) is 7.44. The van der Waals surface area contributed by atoms with Crippen LogP contribution in [0.25, 0.3) is 0 Å². The Balaban J connectivity index is 1.36. The van der Waals surface area contributed by atoms with E-state index in [0.717, 1.165) is 28.4 Å². The van der Waals surface area contributed by atoms with Crippen molar-refractivity contribution in [1.29, 1.82) is 5.26 Å². The zero-order valence-corrected chi connectivity index (χ0v) is 21.7. The van der Waals surface area contributed by atoms with Gasteiger partial charge in [-0.05, 0) is 67.3 Å². The van der Waals surface area contributed by atoms with E-state index in [9.17, 15) is 9.59 Å². The Hall–Kier alpha value is -3.76. The minimum absolute atomic E-state index is 0.00147. The zero-order chi connectivity index (χ0) is 26.0. The summed E-state index contributed by atoms with van der Waals surface area (Å²) in [6.07, 6.45) is 2.40. The lowest BCUT2D eigenvalue weighted by molar-refractivity contribution is -0.144. The summed E-state index contributed by atoms with van der Waals surface area (Å²) in [5, 5.41) is 9.10. The molecule has 4 rings (SSSR count). The lowest BCUT2D eigenvalue weighted by Gasteiger charge is -2.25. The van der Waals surface area contributed by atoms with Crippen LogP contribution >= 0.6 is 11.8 Å². The molecule has 0 radical (unpaired) electrons. The van der Waals surface area contributed by atoms with Gasteiger partial charge < -0.3 is 14.4 Å². The van der Waals surface area contributed by atoms with Crippen LogP contribution in [0.2, 0.25) is 0 Å². The van der Waals surface area contributed by atoms with E-state index in [-0.39, 0.29) is 30.3 Å². The van der Waals surface area contributed by atoms with Gasteiger partial charge in [0, 0.05) is 16.3 Å². The monoisotopic (exact) mass is 514 g/mol. The zero-order valence-electron chi connectivity index (χ0n) is 20.8. The standard InChI is InChI=1S/C30H30N2O4S/c1-35-29(33)19-24-18-25(32(30(24)34)16-6-10-22-7-3-2-4-8-22)21-36-26-12-14-27(15-13-26)37-28-11-5-9-23(17-28)20-31/h2-5,7-9,11-15,17,24-25H,6,10,16,18-19,21H2,1H3. The molecule has 7 heteroatoms. The van der Waals surface area contributed by atoms with Gasteiger partial charge in [0.25, 0.3) is 0 Å². The fourth-order valence-electron chi connectivity index (χ4n) is 4.54. The Morgan fingerprint density at radius 2 is 1.84 bits per heavy atom. The third kappa shape index (κ3) is 7.37. The first-order chi connectivity index (χ1) is 18.1. The molecular formula is C30H30N2O4S. The van der Waals surface area contributed by atoms with E-state index in [1.165, 1.54) is 12.7 Å². The SMILES string of the molecule is COC(=O)CC1CC(COc2ccc(Sc3cccc(C#N)c3)cc2)N(CCCc2ccccc2)C1=O. The molecule has 1 aliphatic rings. The molecule has 190 valence electrons. The summed E-state index contributed by atoms with van der Waals surface area (Å²) in [4.78, 5) is 28.9. The van der Waals surface area contributed by atoms with Crippen molar-refractivity contribution in [3.8, 4) is 11.8 Å². The van der Waals surface area contributed by atoms with Crippen LogP contribution in [0, 0.1) is 17.2 Å². The van der Waals surface area contributed by atoms with Gasteiger partial charge in [-0.2, -0.15) is 5.26 Å². The molecule has 1 amide bonds. The summed E-state index contributed by atoms with van der Waals surface area (Å²) >= 11 is 1.58. The maximum absolute atomic E-state index is 13.1. The van der Waals surface area contributed by atoms with Crippen LogP contribution in [0.4, 0.5) is 0 Å². The molecule has 3 aromatic rings. The van der Waals surface area contributed by atoms with Crippen LogP contribution in [0.3, 0.4) is 0 Å². The smallest absolute Gasteiger partial charge is 0.306 e. The molecule has 3 aromatic carbocycles. The minimum atomic E-state index is -0.374. The van der Waals surface area contributed by atoms with Crippen molar-refractivity contribution in [1.82, 2.24) is 4.90 Å². The number of likely N-dealkylation sites (tertiary alicyclic amines) is 1. The molecule has 1 aliphatic heterocycles. The number of aryl methyl sites for hydroxylation is 1. The van der Waals surface area contributed by atoms with Crippen LogP contribution in [0.5, 0.6) is 5.75 Å². The van der Waals surface area contributed by atoms with Crippen LogP contribution < -0.4 is 4.74 Å². The Morgan fingerprint density at radius 3 is 2.57 bits per heavy atom. The molecule has 0 spiro atoms. The number of hydrogen-bond acceptors (Lipinski definition) is 6. The van der Waals surface area contributed by atoms with Crippen molar-refractivity contribution >= 4 is 23.6 Å². The average Bonchev–Trinajstić information content (AvgIpc) is 3.22. The molecule has 1 fully saturated rings. The predicted octanol–water partition coefficient (Wildman–Crippen LogP) is 5.50. The number of methoxy groups -OCH3 is 1. The largest absolute Gasteiger partial charge is 0.491 e. The fraction of sp³-hybridized carbons (Fsp3) is 0.300. The van der Waals surface area contributed by atoms with Gasteiger partial charge >= 0.3 is 5.97 Å². The summed E-state index contributed by atoms with van der Waals surface area (Å²) in [6.45, 7) is 0.988. The van der Waals surface area contributed by atoms with Crippen LogP contribution in [-0.4, -0.2) is 43.1 Å². The van der Waals surface area contributed by atoms with Gasteiger partial charge in [0.15, 0.2) is 0 Å². The van der Waals surface area contributed by atoms with Gasteiger partial charge in [0.1, 0.15) is 12.4 Å². The highest BCUT2D eigenvalue weighted by molar-refractivity contribution is 7.99. The molecular weight excluding hydrogens is 484 g/mol. The maximum atomic E-state index is 13.1. The van der Waals surface area contributed by atoms with Gasteiger partial charge in [0.05, 0.1) is 37.1 Å². The number of carbonyl (C=O) groups excluding carboxylic acids is 2.